The molecule has 0 aromatic rings. The molecule has 0 aromatic heterocycles. The van der Waals surface area contributed by atoms with Crippen LogP contribution in [0.15, 0.2) is 0 Å². The molecule has 98 valence electrons. The molecule has 1 heterocycles. The normalized spacial score (nSPS) is 31.5. The lowest BCUT2D eigenvalue weighted by Gasteiger charge is -2.37. The van der Waals surface area contributed by atoms with Crippen LogP contribution >= 0.6 is 0 Å². The van der Waals surface area contributed by atoms with Crippen LogP contribution in [0.1, 0.15) is 32.6 Å². The fraction of sp³-hybridized carbons (Fsp3) is 0.923. The smallest absolute Gasteiger partial charge is 0.225 e. The molecule has 2 aliphatic rings. The van der Waals surface area contributed by atoms with E-state index in [1.165, 1.54) is 0 Å². The molecule has 1 saturated carbocycles. The molecule has 0 radical (unpaired) electrons. The highest BCUT2D eigenvalue weighted by atomic mass is 16.3. The SMILES string of the molecule is CCN1CCN(C(=O)C2CCC(O)CC2)CC1. The zero-order chi connectivity index (χ0) is 12.3. The molecule has 0 bridgehead atoms. The van der Waals surface area contributed by atoms with Crippen molar-refractivity contribution in [3.8, 4) is 0 Å². The molecular formula is C13H24N2O2. The molecule has 1 N–H and O–H groups in total. The predicted molar refractivity (Wildman–Crippen MR) is 66.7 cm³/mol. The molecule has 17 heavy (non-hydrogen) atoms. The first kappa shape index (κ1) is 12.8. The van der Waals surface area contributed by atoms with E-state index in [1.807, 2.05) is 4.90 Å². The Balaban J connectivity index is 1.80. The minimum absolute atomic E-state index is 0.170. The van der Waals surface area contributed by atoms with Gasteiger partial charge in [-0.3, -0.25) is 4.79 Å². The molecule has 1 aliphatic carbocycles. The zero-order valence-electron chi connectivity index (χ0n) is 10.8. The van der Waals surface area contributed by atoms with Crippen molar-refractivity contribution in [2.75, 3.05) is 32.7 Å². The summed E-state index contributed by atoms with van der Waals surface area (Å²) in [5.41, 5.74) is 0. The van der Waals surface area contributed by atoms with Gasteiger partial charge in [0.1, 0.15) is 0 Å². The van der Waals surface area contributed by atoms with Crippen molar-refractivity contribution < 1.29 is 9.90 Å². The summed E-state index contributed by atoms with van der Waals surface area (Å²) >= 11 is 0. The quantitative estimate of drug-likeness (QED) is 0.773. The Bertz CT molecular complexity index is 254. The second kappa shape index (κ2) is 5.83. The van der Waals surface area contributed by atoms with Crippen LogP contribution in [0.5, 0.6) is 0 Å². The van der Waals surface area contributed by atoms with Crippen LogP contribution in [0.2, 0.25) is 0 Å². The molecule has 1 aliphatic heterocycles. The standard InChI is InChI=1S/C13H24N2O2/c1-2-14-7-9-15(10-8-14)13(17)11-3-5-12(16)6-4-11/h11-12,16H,2-10H2,1H3. The Hall–Kier alpha value is -0.610. The fourth-order valence-corrected chi connectivity index (χ4v) is 2.87. The van der Waals surface area contributed by atoms with E-state index in [2.05, 4.69) is 11.8 Å². The van der Waals surface area contributed by atoms with Gasteiger partial charge in [-0.25, -0.2) is 0 Å². The lowest BCUT2D eigenvalue weighted by molar-refractivity contribution is -0.139. The van der Waals surface area contributed by atoms with Gasteiger partial charge in [0.2, 0.25) is 5.91 Å². The predicted octanol–water partition coefficient (Wildman–Crippen LogP) is 0.702. The topological polar surface area (TPSA) is 43.8 Å². The summed E-state index contributed by atoms with van der Waals surface area (Å²) in [5.74, 6) is 0.499. The van der Waals surface area contributed by atoms with Gasteiger partial charge < -0.3 is 14.9 Å². The van der Waals surface area contributed by atoms with Crippen LogP contribution in [0, 0.1) is 5.92 Å². The summed E-state index contributed by atoms with van der Waals surface area (Å²) in [6.45, 7) is 7.03. The van der Waals surface area contributed by atoms with Gasteiger partial charge in [0.05, 0.1) is 6.10 Å². The second-order valence-electron chi connectivity index (χ2n) is 5.26. The summed E-state index contributed by atoms with van der Waals surface area (Å²) in [6.07, 6.45) is 3.16. The van der Waals surface area contributed by atoms with Gasteiger partial charge >= 0.3 is 0 Å². The van der Waals surface area contributed by atoms with Gasteiger partial charge in [-0.2, -0.15) is 0 Å². The molecule has 0 aromatic carbocycles. The van der Waals surface area contributed by atoms with Gasteiger partial charge in [-0.15, -0.1) is 0 Å². The van der Waals surface area contributed by atoms with Crippen LogP contribution in [0.4, 0.5) is 0 Å². The summed E-state index contributed by atoms with van der Waals surface area (Å²) < 4.78 is 0. The maximum atomic E-state index is 12.3. The highest BCUT2D eigenvalue weighted by Crippen LogP contribution is 2.26. The Kier molecular flexibility index (Phi) is 4.40. The summed E-state index contributed by atoms with van der Waals surface area (Å²) in [4.78, 5) is 16.7. The lowest BCUT2D eigenvalue weighted by Crippen LogP contribution is -2.50. The third-order valence-electron chi connectivity index (χ3n) is 4.18. The van der Waals surface area contributed by atoms with Gasteiger partial charge in [-0.05, 0) is 32.2 Å². The monoisotopic (exact) mass is 240 g/mol. The van der Waals surface area contributed by atoms with Crippen LogP contribution in [-0.2, 0) is 4.79 Å². The summed E-state index contributed by atoms with van der Waals surface area (Å²) in [7, 11) is 0. The van der Waals surface area contributed by atoms with Crippen molar-refractivity contribution >= 4 is 5.91 Å². The average Bonchev–Trinajstić information content (AvgIpc) is 2.39. The van der Waals surface area contributed by atoms with Crippen LogP contribution in [0.3, 0.4) is 0 Å². The number of carbonyl (C=O) groups is 1. The third-order valence-corrected chi connectivity index (χ3v) is 4.18. The first-order valence-corrected chi connectivity index (χ1v) is 6.90. The number of aliphatic hydroxyl groups excluding tert-OH is 1. The number of carbonyl (C=O) groups excluding carboxylic acids is 1. The third kappa shape index (κ3) is 3.19. The summed E-state index contributed by atoms with van der Waals surface area (Å²) in [5, 5.41) is 9.45. The van der Waals surface area contributed by atoms with E-state index in [0.717, 1.165) is 58.4 Å². The highest BCUT2D eigenvalue weighted by molar-refractivity contribution is 5.79. The van der Waals surface area contributed by atoms with E-state index >= 15 is 0 Å². The largest absolute Gasteiger partial charge is 0.393 e. The Morgan fingerprint density at radius 2 is 1.71 bits per heavy atom. The molecule has 1 saturated heterocycles. The minimum Gasteiger partial charge on any atom is -0.393 e. The van der Waals surface area contributed by atoms with E-state index in [9.17, 15) is 9.90 Å². The number of likely N-dealkylation sites (N-methyl/N-ethyl adjacent to an activating group) is 1. The number of rotatable bonds is 2. The van der Waals surface area contributed by atoms with Crippen molar-refractivity contribution in [1.29, 1.82) is 0 Å². The average molecular weight is 240 g/mol. The van der Waals surface area contributed by atoms with E-state index < -0.39 is 0 Å². The molecule has 4 nitrogen and oxygen atoms in total. The maximum Gasteiger partial charge on any atom is 0.225 e. The van der Waals surface area contributed by atoms with Gasteiger partial charge in [-0.1, -0.05) is 6.92 Å². The Morgan fingerprint density at radius 1 is 1.12 bits per heavy atom. The zero-order valence-corrected chi connectivity index (χ0v) is 10.8. The molecule has 1 amide bonds. The number of hydrogen-bond donors (Lipinski definition) is 1. The van der Waals surface area contributed by atoms with E-state index in [4.69, 9.17) is 0 Å². The van der Waals surface area contributed by atoms with Crippen molar-refractivity contribution in [3.63, 3.8) is 0 Å². The Morgan fingerprint density at radius 3 is 2.24 bits per heavy atom. The van der Waals surface area contributed by atoms with Crippen molar-refractivity contribution in [1.82, 2.24) is 9.80 Å². The van der Waals surface area contributed by atoms with Crippen LogP contribution < -0.4 is 0 Å². The van der Waals surface area contributed by atoms with E-state index in [0.29, 0.717) is 5.91 Å². The van der Waals surface area contributed by atoms with Crippen LogP contribution in [-0.4, -0.2) is 59.6 Å². The van der Waals surface area contributed by atoms with Crippen molar-refractivity contribution in [2.24, 2.45) is 5.92 Å². The van der Waals surface area contributed by atoms with E-state index in [1.54, 1.807) is 0 Å². The van der Waals surface area contributed by atoms with Crippen molar-refractivity contribution in [2.45, 2.75) is 38.7 Å². The minimum atomic E-state index is -0.170. The van der Waals surface area contributed by atoms with Crippen molar-refractivity contribution in [3.05, 3.63) is 0 Å². The molecular weight excluding hydrogens is 216 g/mol. The number of piperazine rings is 1. The first-order chi connectivity index (χ1) is 8.20. The fourth-order valence-electron chi connectivity index (χ4n) is 2.87. The molecule has 2 fully saturated rings. The molecule has 2 rings (SSSR count). The first-order valence-electron chi connectivity index (χ1n) is 6.90. The number of amides is 1. The van der Waals surface area contributed by atoms with Gasteiger partial charge in [0, 0.05) is 32.1 Å². The molecule has 4 heteroatoms. The number of nitrogens with zero attached hydrogens (tertiary/aromatic N) is 2. The van der Waals surface area contributed by atoms with Gasteiger partial charge in [0.15, 0.2) is 0 Å². The van der Waals surface area contributed by atoms with E-state index in [-0.39, 0.29) is 12.0 Å². The van der Waals surface area contributed by atoms with Gasteiger partial charge in [0.25, 0.3) is 0 Å². The maximum absolute atomic E-state index is 12.3. The van der Waals surface area contributed by atoms with Crippen LogP contribution in [0.25, 0.3) is 0 Å². The molecule has 0 unspecified atom stereocenters. The second-order valence-corrected chi connectivity index (χ2v) is 5.26. The number of aliphatic hydroxyl groups is 1. The Labute approximate surface area is 104 Å². The molecule has 0 atom stereocenters. The lowest BCUT2D eigenvalue weighted by atomic mass is 9.86. The summed E-state index contributed by atoms with van der Waals surface area (Å²) in [6, 6.07) is 0. The number of hydrogen-bond acceptors (Lipinski definition) is 3. The highest BCUT2D eigenvalue weighted by Gasteiger charge is 2.30. The molecule has 0 spiro atoms.